The molecular weight excluding hydrogens is 366 g/mol. The van der Waals surface area contributed by atoms with Crippen molar-refractivity contribution < 1.29 is 0 Å². The van der Waals surface area contributed by atoms with Gasteiger partial charge in [-0.3, -0.25) is 5.43 Å². The van der Waals surface area contributed by atoms with Gasteiger partial charge in [-0.2, -0.15) is 5.12 Å². The van der Waals surface area contributed by atoms with E-state index in [2.05, 4.69) is 15.8 Å². The SMILES string of the molecule is Clc1cccc(Cl)c1C1=CNN(c2c(Cl)cccc2Cl)N=N1. The Labute approximate surface area is 146 Å². The molecule has 0 spiro atoms. The van der Waals surface area contributed by atoms with Crippen molar-refractivity contribution in [3.8, 4) is 0 Å². The number of anilines is 1. The van der Waals surface area contributed by atoms with E-state index in [-0.39, 0.29) is 0 Å². The maximum atomic E-state index is 6.16. The predicted molar refractivity (Wildman–Crippen MR) is 91.4 cm³/mol. The summed E-state index contributed by atoms with van der Waals surface area (Å²) in [6.45, 7) is 0. The molecule has 22 heavy (non-hydrogen) atoms. The highest BCUT2D eigenvalue weighted by Crippen LogP contribution is 2.36. The van der Waals surface area contributed by atoms with E-state index in [0.717, 1.165) is 0 Å². The van der Waals surface area contributed by atoms with Crippen LogP contribution >= 0.6 is 46.4 Å². The van der Waals surface area contributed by atoms with Crippen LogP contribution in [0.25, 0.3) is 5.70 Å². The van der Waals surface area contributed by atoms with Gasteiger partial charge >= 0.3 is 0 Å². The molecule has 0 atom stereocenters. The molecule has 0 radical (unpaired) electrons. The van der Waals surface area contributed by atoms with Crippen LogP contribution in [0.3, 0.4) is 0 Å². The summed E-state index contributed by atoms with van der Waals surface area (Å²) in [6, 6.07) is 10.4. The van der Waals surface area contributed by atoms with Crippen LogP contribution in [0.2, 0.25) is 20.1 Å². The highest BCUT2D eigenvalue weighted by Gasteiger charge is 2.19. The Balaban J connectivity index is 1.92. The number of hydrazine groups is 1. The Hall–Kier alpha value is -1.46. The quantitative estimate of drug-likeness (QED) is 0.702. The Morgan fingerprint density at radius 1 is 0.818 bits per heavy atom. The lowest BCUT2D eigenvalue weighted by molar-refractivity contribution is 0.719. The molecule has 0 bridgehead atoms. The minimum atomic E-state index is 0.451. The maximum Gasteiger partial charge on any atom is 0.122 e. The smallest absolute Gasteiger partial charge is 0.122 e. The van der Waals surface area contributed by atoms with Gasteiger partial charge < -0.3 is 0 Å². The Kier molecular flexibility index (Phi) is 4.45. The molecule has 1 aliphatic heterocycles. The standard InChI is InChI=1S/C14H8Cl4N4/c15-8-3-1-4-9(16)13(8)12-7-19-22(21-20-12)14-10(17)5-2-6-11(14)18/h1-7,19H. The van der Waals surface area contributed by atoms with E-state index in [1.807, 2.05) is 0 Å². The van der Waals surface area contributed by atoms with Gasteiger partial charge in [0.2, 0.25) is 0 Å². The summed E-state index contributed by atoms with van der Waals surface area (Å²) < 4.78 is 0. The number of para-hydroxylation sites is 1. The van der Waals surface area contributed by atoms with Crippen LogP contribution in [-0.4, -0.2) is 0 Å². The van der Waals surface area contributed by atoms with Gasteiger partial charge in [-0.05, 0) is 29.5 Å². The van der Waals surface area contributed by atoms with Gasteiger partial charge in [-0.15, -0.1) is 5.11 Å². The van der Waals surface area contributed by atoms with Crippen molar-refractivity contribution in [1.82, 2.24) is 5.43 Å². The lowest BCUT2D eigenvalue weighted by atomic mass is 10.1. The topological polar surface area (TPSA) is 40.0 Å². The average molecular weight is 374 g/mol. The van der Waals surface area contributed by atoms with E-state index in [1.54, 1.807) is 42.6 Å². The largest absolute Gasteiger partial charge is 0.281 e. The Bertz CT molecular complexity index is 748. The van der Waals surface area contributed by atoms with Crippen LogP contribution in [0.15, 0.2) is 52.9 Å². The van der Waals surface area contributed by atoms with Crippen LogP contribution in [0, 0.1) is 0 Å². The van der Waals surface area contributed by atoms with Crippen molar-refractivity contribution in [3.05, 3.63) is 68.3 Å². The second-order valence-electron chi connectivity index (χ2n) is 4.33. The third kappa shape index (κ3) is 2.88. The first-order chi connectivity index (χ1) is 10.6. The molecule has 2 aromatic rings. The molecule has 0 amide bonds. The summed E-state index contributed by atoms with van der Waals surface area (Å²) >= 11 is 24.6. The number of hydrogen-bond donors (Lipinski definition) is 1. The zero-order chi connectivity index (χ0) is 15.7. The third-order valence-corrected chi connectivity index (χ3v) is 4.17. The summed E-state index contributed by atoms with van der Waals surface area (Å²) in [5.74, 6) is 0. The van der Waals surface area contributed by atoms with E-state index < -0.39 is 0 Å². The molecule has 8 heteroatoms. The highest BCUT2D eigenvalue weighted by molar-refractivity contribution is 6.39. The van der Waals surface area contributed by atoms with Gasteiger partial charge in [-0.1, -0.05) is 58.5 Å². The number of benzene rings is 2. The molecule has 4 nitrogen and oxygen atoms in total. The molecule has 0 unspecified atom stereocenters. The minimum absolute atomic E-state index is 0.451. The fourth-order valence-corrected chi connectivity index (χ4v) is 3.08. The molecule has 0 saturated carbocycles. The maximum absolute atomic E-state index is 6.16. The molecule has 0 saturated heterocycles. The molecule has 1 N–H and O–H groups in total. The van der Waals surface area contributed by atoms with Crippen LogP contribution in [0.5, 0.6) is 0 Å². The van der Waals surface area contributed by atoms with Crippen LogP contribution in [0.4, 0.5) is 5.69 Å². The summed E-state index contributed by atoms with van der Waals surface area (Å²) in [5.41, 5.74) is 4.57. The summed E-state index contributed by atoms with van der Waals surface area (Å²) in [5, 5.41) is 11.4. The fraction of sp³-hybridized carbons (Fsp3) is 0. The van der Waals surface area contributed by atoms with Crippen molar-refractivity contribution >= 4 is 57.8 Å². The monoisotopic (exact) mass is 372 g/mol. The lowest BCUT2D eigenvalue weighted by Crippen LogP contribution is -2.31. The second kappa shape index (κ2) is 6.34. The van der Waals surface area contributed by atoms with Crippen LogP contribution < -0.4 is 10.5 Å². The van der Waals surface area contributed by atoms with E-state index in [1.165, 1.54) is 5.12 Å². The van der Waals surface area contributed by atoms with Gasteiger partial charge in [0.05, 0.1) is 20.1 Å². The van der Waals surface area contributed by atoms with E-state index in [0.29, 0.717) is 37.0 Å². The van der Waals surface area contributed by atoms with Crippen LogP contribution in [-0.2, 0) is 0 Å². The number of rotatable bonds is 2. The Morgan fingerprint density at radius 2 is 1.36 bits per heavy atom. The number of hydrogen-bond acceptors (Lipinski definition) is 4. The molecule has 112 valence electrons. The minimum Gasteiger partial charge on any atom is -0.281 e. The van der Waals surface area contributed by atoms with Crippen molar-refractivity contribution in [3.63, 3.8) is 0 Å². The molecular formula is C14H8Cl4N4. The summed E-state index contributed by atoms with van der Waals surface area (Å²) in [7, 11) is 0. The van der Waals surface area contributed by atoms with Crippen molar-refractivity contribution in [2.75, 3.05) is 5.12 Å². The number of halogens is 4. The zero-order valence-corrected chi connectivity index (χ0v) is 13.9. The molecule has 3 rings (SSSR count). The third-order valence-electron chi connectivity index (χ3n) is 2.93. The molecule has 1 aliphatic rings. The van der Waals surface area contributed by atoms with Crippen molar-refractivity contribution in [2.24, 2.45) is 10.3 Å². The second-order valence-corrected chi connectivity index (χ2v) is 5.96. The predicted octanol–water partition coefficient (Wildman–Crippen LogP) is 5.99. The van der Waals surface area contributed by atoms with Gasteiger partial charge in [0.15, 0.2) is 0 Å². The first-order valence-corrected chi connectivity index (χ1v) is 7.65. The van der Waals surface area contributed by atoms with Gasteiger partial charge in [0.25, 0.3) is 0 Å². The number of nitrogens with zero attached hydrogens (tertiary/aromatic N) is 3. The average Bonchev–Trinajstić information content (AvgIpc) is 2.48. The lowest BCUT2D eigenvalue weighted by Gasteiger charge is -2.23. The fourth-order valence-electron chi connectivity index (χ4n) is 1.94. The van der Waals surface area contributed by atoms with E-state index in [4.69, 9.17) is 46.4 Å². The normalized spacial score (nSPS) is 13.8. The summed E-state index contributed by atoms with van der Waals surface area (Å²) in [4.78, 5) is 0. The van der Waals surface area contributed by atoms with Crippen molar-refractivity contribution in [1.29, 1.82) is 0 Å². The molecule has 0 fully saturated rings. The van der Waals surface area contributed by atoms with Crippen molar-refractivity contribution in [2.45, 2.75) is 0 Å². The first-order valence-electron chi connectivity index (χ1n) is 6.14. The van der Waals surface area contributed by atoms with Gasteiger partial charge in [0.1, 0.15) is 11.4 Å². The van der Waals surface area contributed by atoms with Gasteiger partial charge in [-0.25, -0.2) is 0 Å². The Morgan fingerprint density at radius 3 is 1.86 bits per heavy atom. The van der Waals surface area contributed by atoms with E-state index >= 15 is 0 Å². The first kappa shape index (κ1) is 15.4. The van der Waals surface area contributed by atoms with Gasteiger partial charge in [0, 0.05) is 11.8 Å². The summed E-state index contributed by atoms with van der Waals surface area (Å²) in [6.07, 6.45) is 1.62. The molecule has 0 aromatic heterocycles. The molecule has 2 aromatic carbocycles. The molecule has 0 aliphatic carbocycles. The number of nitrogens with one attached hydrogen (secondary N) is 1. The molecule has 1 heterocycles. The zero-order valence-electron chi connectivity index (χ0n) is 10.9. The van der Waals surface area contributed by atoms with Crippen LogP contribution in [0.1, 0.15) is 5.56 Å². The van der Waals surface area contributed by atoms with E-state index in [9.17, 15) is 0 Å². The highest BCUT2D eigenvalue weighted by atomic mass is 35.5.